The number of para-hydroxylation sites is 1. The van der Waals surface area contributed by atoms with Gasteiger partial charge in [0, 0.05) is 24.3 Å². The van der Waals surface area contributed by atoms with Crippen molar-refractivity contribution in [3.8, 4) is 11.1 Å². The average Bonchev–Trinajstić information content (AvgIpc) is 3.13. The Labute approximate surface area is 182 Å². The summed E-state index contributed by atoms with van der Waals surface area (Å²) in [5.41, 5.74) is 2.97. The van der Waals surface area contributed by atoms with Gasteiger partial charge in [-0.3, -0.25) is 4.79 Å². The third kappa shape index (κ3) is 4.26. The first kappa shape index (κ1) is 21.3. The van der Waals surface area contributed by atoms with Gasteiger partial charge in [0.1, 0.15) is 10.6 Å². The van der Waals surface area contributed by atoms with Crippen LogP contribution in [0.4, 0.5) is 5.69 Å². The highest BCUT2D eigenvalue weighted by atomic mass is 32.2. The molecular formula is C23H25N3O4S. The fourth-order valence-corrected chi connectivity index (χ4v) is 5.86. The summed E-state index contributed by atoms with van der Waals surface area (Å²) in [6.07, 6.45) is 1.24. The summed E-state index contributed by atoms with van der Waals surface area (Å²) in [5.74, 6) is -0.351. The SMILES string of the molecule is Cc1noc(C)c1S(=O)(=O)N1CCCC(C(=O)Nc2ccccc2-c2ccccc2)C1. The highest BCUT2D eigenvalue weighted by Crippen LogP contribution is 2.30. The molecule has 0 radical (unpaired) electrons. The molecule has 0 spiro atoms. The Morgan fingerprint density at radius 1 is 1.10 bits per heavy atom. The van der Waals surface area contributed by atoms with E-state index >= 15 is 0 Å². The number of benzene rings is 2. The van der Waals surface area contributed by atoms with Gasteiger partial charge < -0.3 is 9.84 Å². The van der Waals surface area contributed by atoms with E-state index in [1.165, 1.54) is 4.31 Å². The van der Waals surface area contributed by atoms with E-state index in [-0.39, 0.29) is 23.1 Å². The molecule has 0 saturated carbocycles. The second kappa shape index (κ2) is 8.64. The number of hydrogen-bond donors (Lipinski definition) is 1. The van der Waals surface area contributed by atoms with Gasteiger partial charge in [0.2, 0.25) is 15.9 Å². The third-order valence-corrected chi connectivity index (χ3v) is 7.70. The molecule has 2 heterocycles. The summed E-state index contributed by atoms with van der Waals surface area (Å²) < 4.78 is 32.7. The van der Waals surface area contributed by atoms with Gasteiger partial charge in [-0.1, -0.05) is 53.7 Å². The van der Waals surface area contributed by atoms with E-state index in [0.29, 0.717) is 30.8 Å². The Balaban J connectivity index is 1.53. The van der Waals surface area contributed by atoms with Crippen LogP contribution in [0.25, 0.3) is 11.1 Å². The summed E-state index contributed by atoms with van der Waals surface area (Å²) in [6, 6.07) is 17.4. The van der Waals surface area contributed by atoms with Crippen molar-refractivity contribution < 1.29 is 17.7 Å². The quantitative estimate of drug-likeness (QED) is 0.649. The molecule has 31 heavy (non-hydrogen) atoms. The van der Waals surface area contributed by atoms with Crippen LogP contribution in [0, 0.1) is 19.8 Å². The fraction of sp³-hybridized carbons (Fsp3) is 0.304. The lowest BCUT2D eigenvalue weighted by Crippen LogP contribution is -2.44. The molecule has 1 aliphatic heterocycles. The average molecular weight is 440 g/mol. The number of carbonyl (C=O) groups excluding carboxylic acids is 1. The van der Waals surface area contributed by atoms with Crippen LogP contribution in [-0.4, -0.2) is 36.9 Å². The number of aryl methyl sites for hydroxylation is 2. The molecule has 1 N–H and O–H groups in total. The number of amides is 1. The lowest BCUT2D eigenvalue weighted by Gasteiger charge is -2.31. The van der Waals surface area contributed by atoms with E-state index in [1.807, 2.05) is 54.6 Å². The van der Waals surface area contributed by atoms with Crippen molar-refractivity contribution in [2.24, 2.45) is 5.92 Å². The van der Waals surface area contributed by atoms with Crippen LogP contribution in [0.1, 0.15) is 24.3 Å². The largest absolute Gasteiger partial charge is 0.360 e. The van der Waals surface area contributed by atoms with Gasteiger partial charge in [0.25, 0.3) is 0 Å². The molecule has 0 aliphatic carbocycles. The van der Waals surface area contributed by atoms with Gasteiger partial charge in [-0.2, -0.15) is 4.31 Å². The van der Waals surface area contributed by atoms with Crippen LogP contribution in [-0.2, 0) is 14.8 Å². The van der Waals surface area contributed by atoms with Crippen molar-refractivity contribution >= 4 is 21.6 Å². The van der Waals surface area contributed by atoms with Crippen molar-refractivity contribution in [3.05, 3.63) is 66.1 Å². The molecular weight excluding hydrogens is 414 g/mol. The molecule has 1 aliphatic rings. The van der Waals surface area contributed by atoms with Gasteiger partial charge in [0.15, 0.2) is 5.76 Å². The Kier molecular flexibility index (Phi) is 5.93. The third-order valence-electron chi connectivity index (χ3n) is 5.59. The van der Waals surface area contributed by atoms with Crippen LogP contribution in [0.15, 0.2) is 64.0 Å². The Morgan fingerprint density at radius 2 is 1.81 bits per heavy atom. The molecule has 1 amide bonds. The molecule has 162 valence electrons. The number of aromatic nitrogens is 1. The van der Waals surface area contributed by atoms with Crippen molar-refractivity contribution in [3.63, 3.8) is 0 Å². The van der Waals surface area contributed by atoms with E-state index in [4.69, 9.17) is 4.52 Å². The highest BCUT2D eigenvalue weighted by molar-refractivity contribution is 7.89. The maximum Gasteiger partial charge on any atom is 0.248 e. The maximum absolute atomic E-state index is 13.1. The van der Waals surface area contributed by atoms with Gasteiger partial charge in [-0.05, 0) is 38.3 Å². The number of nitrogens with zero attached hydrogens (tertiary/aromatic N) is 2. The zero-order valence-electron chi connectivity index (χ0n) is 17.5. The Morgan fingerprint density at radius 3 is 2.52 bits per heavy atom. The lowest BCUT2D eigenvalue weighted by atomic mass is 9.98. The van der Waals surface area contributed by atoms with E-state index in [0.717, 1.165) is 11.1 Å². The Hall–Kier alpha value is -2.97. The Bertz CT molecular complexity index is 1170. The molecule has 1 atom stereocenters. The van der Waals surface area contributed by atoms with Crippen LogP contribution in [0.2, 0.25) is 0 Å². The second-order valence-electron chi connectivity index (χ2n) is 7.76. The molecule has 3 aromatic rings. The van der Waals surface area contributed by atoms with Crippen molar-refractivity contribution in [1.82, 2.24) is 9.46 Å². The molecule has 1 aromatic heterocycles. The summed E-state index contributed by atoms with van der Waals surface area (Å²) in [6.45, 7) is 3.70. The number of anilines is 1. The lowest BCUT2D eigenvalue weighted by molar-refractivity contribution is -0.120. The van der Waals surface area contributed by atoms with Crippen LogP contribution < -0.4 is 5.32 Å². The number of hydrogen-bond acceptors (Lipinski definition) is 5. The molecule has 1 unspecified atom stereocenters. The summed E-state index contributed by atoms with van der Waals surface area (Å²) >= 11 is 0. The molecule has 1 fully saturated rings. The zero-order valence-corrected chi connectivity index (χ0v) is 18.4. The molecule has 4 rings (SSSR count). The predicted molar refractivity (Wildman–Crippen MR) is 118 cm³/mol. The molecule has 1 saturated heterocycles. The summed E-state index contributed by atoms with van der Waals surface area (Å²) in [7, 11) is -3.77. The molecule has 2 aromatic carbocycles. The first-order chi connectivity index (χ1) is 14.9. The number of carbonyl (C=O) groups is 1. The van der Waals surface area contributed by atoms with Gasteiger partial charge in [-0.15, -0.1) is 0 Å². The van der Waals surface area contributed by atoms with Crippen LogP contribution >= 0.6 is 0 Å². The predicted octanol–water partition coefficient (Wildman–Crippen LogP) is 4.00. The van der Waals surface area contributed by atoms with E-state index < -0.39 is 15.9 Å². The number of sulfonamides is 1. The van der Waals surface area contributed by atoms with E-state index in [1.54, 1.807) is 13.8 Å². The van der Waals surface area contributed by atoms with E-state index in [2.05, 4.69) is 10.5 Å². The molecule has 8 heteroatoms. The fourth-order valence-electron chi connectivity index (χ4n) is 4.04. The summed E-state index contributed by atoms with van der Waals surface area (Å²) in [4.78, 5) is 13.2. The zero-order chi connectivity index (χ0) is 22.0. The van der Waals surface area contributed by atoms with Crippen LogP contribution in [0.5, 0.6) is 0 Å². The minimum absolute atomic E-state index is 0.1000. The first-order valence-electron chi connectivity index (χ1n) is 10.3. The first-order valence-corrected chi connectivity index (χ1v) is 11.7. The maximum atomic E-state index is 13.1. The van der Waals surface area contributed by atoms with Gasteiger partial charge in [0.05, 0.1) is 5.92 Å². The van der Waals surface area contributed by atoms with Gasteiger partial charge in [-0.25, -0.2) is 8.42 Å². The van der Waals surface area contributed by atoms with Gasteiger partial charge >= 0.3 is 0 Å². The monoisotopic (exact) mass is 439 g/mol. The van der Waals surface area contributed by atoms with Crippen molar-refractivity contribution in [2.75, 3.05) is 18.4 Å². The standard InChI is InChI=1S/C23H25N3O4S/c1-16-22(17(2)30-25-16)31(28,29)26-14-8-11-19(15-26)23(27)24-21-13-7-6-12-20(21)18-9-4-3-5-10-18/h3-7,9-10,12-13,19H,8,11,14-15H2,1-2H3,(H,24,27). The summed E-state index contributed by atoms with van der Waals surface area (Å²) in [5, 5.41) is 6.78. The van der Waals surface area contributed by atoms with Crippen molar-refractivity contribution in [2.45, 2.75) is 31.6 Å². The minimum Gasteiger partial charge on any atom is -0.360 e. The normalized spacial score (nSPS) is 17.4. The van der Waals surface area contributed by atoms with E-state index in [9.17, 15) is 13.2 Å². The topological polar surface area (TPSA) is 92.5 Å². The van der Waals surface area contributed by atoms with Crippen LogP contribution in [0.3, 0.4) is 0 Å². The molecule has 0 bridgehead atoms. The smallest absolute Gasteiger partial charge is 0.248 e. The number of piperidine rings is 1. The molecule has 7 nitrogen and oxygen atoms in total. The van der Waals surface area contributed by atoms with Crippen molar-refractivity contribution in [1.29, 1.82) is 0 Å². The number of nitrogens with one attached hydrogen (secondary N) is 1. The minimum atomic E-state index is -3.77. The second-order valence-corrected chi connectivity index (χ2v) is 9.63. The number of rotatable bonds is 5. The highest BCUT2D eigenvalue weighted by Gasteiger charge is 2.36.